The van der Waals surface area contributed by atoms with E-state index in [0.717, 1.165) is 25.9 Å². The number of anilines is 1. The van der Waals surface area contributed by atoms with Gasteiger partial charge in [0.15, 0.2) is 0 Å². The SMILES string of the molecule is CN(C)CC1CCCN1C(=O)Cn1ccc(N)n1. The summed E-state index contributed by atoms with van der Waals surface area (Å²) in [5.74, 6) is 0.580. The van der Waals surface area contributed by atoms with Crippen molar-refractivity contribution in [1.82, 2.24) is 19.6 Å². The zero-order valence-electron chi connectivity index (χ0n) is 11.0. The number of aromatic nitrogens is 2. The van der Waals surface area contributed by atoms with Crippen LogP contribution in [0.5, 0.6) is 0 Å². The molecule has 0 spiro atoms. The second kappa shape index (κ2) is 5.39. The molecule has 2 heterocycles. The van der Waals surface area contributed by atoms with Crippen molar-refractivity contribution in [2.75, 3.05) is 32.9 Å². The number of hydrogen-bond acceptors (Lipinski definition) is 4. The number of likely N-dealkylation sites (N-methyl/N-ethyl adjacent to an activating group) is 1. The molecule has 0 bridgehead atoms. The van der Waals surface area contributed by atoms with Crippen LogP contribution in [0.15, 0.2) is 12.3 Å². The lowest BCUT2D eigenvalue weighted by Crippen LogP contribution is -2.42. The van der Waals surface area contributed by atoms with Crippen LogP contribution < -0.4 is 5.73 Å². The van der Waals surface area contributed by atoms with E-state index in [-0.39, 0.29) is 12.5 Å². The number of likely N-dealkylation sites (tertiary alicyclic amines) is 1. The fourth-order valence-electron chi connectivity index (χ4n) is 2.47. The highest BCUT2D eigenvalue weighted by Gasteiger charge is 2.28. The number of hydrogen-bond donors (Lipinski definition) is 1. The zero-order chi connectivity index (χ0) is 13.1. The second-order valence-electron chi connectivity index (χ2n) is 5.08. The highest BCUT2D eigenvalue weighted by atomic mass is 16.2. The highest BCUT2D eigenvalue weighted by molar-refractivity contribution is 5.76. The minimum atomic E-state index is 0.127. The van der Waals surface area contributed by atoms with E-state index < -0.39 is 0 Å². The molecule has 0 saturated carbocycles. The van der Waals surface area contributed by atoms with Crippen LogP contribution in [0.25, 0.3) is 0 Å². The average molecular weight is 251 g/mol. The Kier molecular flexibility index (Phi) is 3.86. The molecule has 1 fully saturated rings. The van der Waals surface area contributed by atoms with Crippen LogP contribution in [0, 0.1) is 0 Å². The van der Waals surface area contributed by atoms with E-state index in [9.17, 15) is 4.79 Å². The first-order valence-electron chi connectivity index (χ1n) is 6.29. The van der Waals surface area contributed by atoms with Crippen LogP contribution in [-0.4, -0.2) is 58.7 Å². The molecule has 100 valence electrons. The fourth-order valence-corrected chi connectivity index (χ4v) is 2.47. The number of nitrogens with zero attached hydrogens (tertiary/aromatic N) is 4. The summed E-state index contributed by atoms with van der Waals surface area (Å²) < 4.78 is 1.60. The first kappa shape index (κ1) is 12.9. The minimum Gasteiger partial charge on any atom is -0.382 e. The number of nitrogens with two attached hydrogens (primary N) is 1. The van der Waals surface area contributed by atoms with Crippen molar-refractivity contribution >= 4 is 11.7 Å². The van der Waals surface area contributed by atoms with Crippen LogP contribution in [-0.2, 0) is 11.3 Å². The molecule has 1 aromatic rings. The Morgan fingerprint density at radius 1 is 1.61 bits per heavy atom. The molecule has 6 heteroatoms. The van der Waals surface area contributed by atoms with Gasteiger partial charge in [-0.25, -0.2) is 0 Å². The summed E-state index contributed by atoms with van der Waals surface area (Å²) >= 11 is 0. The first-order valence-corrected chi connectivity index (χ1v) is 6.29. The molecule has 1 aromatic heterocycles. The van der Waals surface area contributed by atoms with E-state index in [1.165, 1.54) is 0 Å². The van der Waals surface area contributed by atoms with Crippen LogP contribution in [0.2, 0.25) is 0 Å². The largest absolute Gasteiger partial charge is 0.382 e. The normalized spacial score (nSPS) is 19.7. The fraction of sp³-hybridized carbons (Fsp3) is 0.667. The lowest BCUT2D eigenvalue weighted by molar-refractivity contribution is -0.133. The van der Waals surface area contributed by atoms with Gasteiger partial charge >= 0.3 is 0 Å². The molecule has 0 aliphatic carbocycles. The van der Waals surface area contributed by atoms with Crippen molar-refractivity contribution in [3.05, 3.63) is 12.3 Å². The third-order valence-electron chi connectivity index (χ3n) is 3.23. The van der Waals surface area contributed by atoms with Gasteiger partial charge in [0.05, 0.1) is 0 Å². The van der Waals surface area contributed by atoms with Gasteiger partial charge in [-0.15, -0.1) is 0 Å². The minimum absolute atomic E-state index is 0.127. The van der Waals surface area contributed by atoms with Gasteiger partial charge in [0.1, 0.15) is 12.4 Å². The van der Waals surface area contributed by atoms with Gasteiger partial charge in [0, 0.05) is 25.3 Å². The molecule has 0 aromatic carbocycles. The van der Waals surface area contributed by atoms with E-state index in [1.54, 1.807) is 16.9 Å². The zero-order valence-corrected chi connectivity index (χ0v) is 11.0. The maximum absolute atomic E-state index is 12.2. The summed E-state index contributed by atoms with van der Waals surface area (Å²) in [7, 11) is 4.07. The van der Waals surface area contributed by atoms with E-state index in [0.29, 0.717) is 11.9 Å². The summed E-state index contributed by atoms with van der Waals surface area (Å²) in [5, 5.41) is 4.04. The molecule has 1 aliphatic rings. The van der Waals surface area contributed by atoms with Crippen LogP contribution in [0.1, 0.15) is 12.8 Å². The van der Waals surface area contributed by atoms with Gasteiger partial charge in [-0.05, 0) is 33.0 Å². The Hall–Kier alpha value is -1.56. The Bertz CT molecular complexity index is 414. The van der Waals surface area contributed by atoms with Gasteiger partial charge in [-0.2, -0.15) is 5.10 Å². The molecule has 18 heavy (non-hydrogen) atoms. The summed E-state index contributed by atoms with van der Waals surface area (Å²) in [6, 6.07) is 2.04. The van der Waals surface area contributed by atoms with Gasteiger partial charge in [0.2, 0.25) is 5.91 Å². The van der Waals surface area contributed by atoms with Gasteiger partial charge < -0.3 is 15.5 Å². The van der Waals surface area contributed by atoms with Gasteiger partial charge in [0.25, 0.3) is 0 Å². The third kappa shape index (κ3) is 3.01. The smallest absolute Gasteiger partial charge is 0.244 e. The molecular formula is C12H21N5O. The average Bonchev–Trinajstić information content (AvgIpc) is 2.87. The molecule has 6 nitrogen and oxygen atoms in total. The molecule has 1 saturated heterocycles. The molecule has 2 rings (SSSR count). The number of carbonyl (C=O) groups is 1. The molecule has 1 amide bonds. The van der Waals surface area contributed by atoms with Crippen LogP contribution >= 0.6 is 0 Å². The van der Waals surface area contributed by atoms with Crippen molar-refractivity contribution in [2.45, 2.75) is 25.4 Å². The Balaban J connectivity index is 1.95. The Morgan fingerprint density at radius 3 is 3.00 bits per heavy atom. The predicted molar refractivity (Wildman–Crippen MR) is 69.9 cm³/mol. The number of amides is 1. The van der Waals surface area contributed by atoms with Crippen molar-refractivity contribution in [2.24, 2.45) is 0 Å². The standard InChI is InChI=1S/C12H21N5O/c1-15(2)8-10-4-3-6-17(10)12(18)9-16-7-5-11(13)14-16/h5,7,10H,3-4,6,8-9H2,1-2H3,(H2,13,14). The van der Waals surface area contributed by atoms with Crippen molar-refractivity contribution in [1.29, 1.82) is 0 Å². The maximum Gasteiger partial charge on any atom is 0.244 e. The molecule has 1 unspecified atom stereocenters. The number of carbonyl (C=O) groups excluding carboxylic acids is 1. The number of rotatable bonds is 4. The summed E-state index contributed by atoms with van der Waals surface area (Å²) in [4.78, 5) is 16.3. The Labute approximate surface area is 107 Å². The summed E-state index contributed by atoms with van der Waals surface area (Å²) in [6.07, 6.45) is 3.92. The lowest BCUT2D eigenvalue weighted by Gasteiger charge is -2.27. The molecule has 2 N–H and O–H groups in total. The highest BCUT2D eigenvalue weighted by Crippen LogP contribution is 2.18. The van der Waals surface area contributed by atoms with E-state index in [4.69, 9.17) is 5.73 Å². The van der Waals surface area contributed by atoms with Gasteiger partial charge in [-0.1, -0.05) is 0 Å². The van der Waals surface area contributed by atoms with Crippen molar-refractivity contribution < 1.29 is 4.79 Å². The van der Waals surface area contributed by atoms with Crippen molar-refractivity contribution in [3.63, 3.8) is 0 Å². The summed E-state index contributed by atoms with van der Waals surface area (Å²) in [6.45, 7) is 2.06. The number of nitrogen functional groups attached to an aromatic ring is 1. The third-order valence-corrected chi connectivity index (χ3v) is 3.23. The van der Waals surface area contributed by atoms with E-state index >= 15 is 0 Å². The monoisotopic (exact) mass is 251 g/mol. The topological polar surface area (TPSA) is 67.4 Å². The van der Waals surface area contributed by atoms with Crippen LogP contribution in [0.3, 0.4) is 0 Å². The second-order valence-corrected chi connectivity index (χ2v) is 5.08. The molecule has 1 aliphatic heterocycles. The predicted octanol–water partition coefficient (Wildman–Crippen LogP) is 0.0179. The van der Waals surface area contributed by atoms with Gasteiger partial charge in [-0.3, -0.25) is 9.48 Å². The first-order chi connectivity index (χ1) is 8.56. The van der Waals surface area contributed by atoms with E-state index in [2.05, 4.69) is 10.00 Å². The molecule has 0 radical (unpaired) electrons. The van der Waals surface area contributed by atoms with Crippen molar-refractivity contribution in [3.8, 4) is 0 Å². The molecular weight excluding hydrogens is 230 g/mol. The molecule has 1 atom stereocenters. The maximum atomic E-state index is 12.2. The van der Waals surface area contributed by atoms with Crippen LogP contribution in [0.4, 0.5) is 5.82 Å². The quantitative estimate of drug-likeness (QED) is 0.819. The summed E-state index contributed by atoms with van der Waals surface area (Å²) in [5.41, 5.74) is 5.54. The Morgan fingerprint density at radius 2 is 2.39 bits per heavy atom. The van der Waals surface area contributed by atoms with E-state index in [1.807, 2.05) is 19.0 Å². The lowest BCUT2D eigenvalue weighted by atomic mass is 10.2.